The number of aromatic nitrogens is 1. The van der Waals surface area contributed by atoms with E-state index in [-0.39, 0.29) is 5.91 Å². The van der Waals surface area contributed by atoms with Crippen molar-refractivity contribution in [2.24, 2.45) is 0 Å². The molecular weight excluding hydrogens is 292 g/mol. The zero-order valence-electron chi connectivity index (χ0n) is 11.1. The predicted octanol–water partition coefficient (Wildman–Crippen LogP) is 3.45. The molecule has 1 amide bonds. The molecule has 1 aromatic carbocycles. The summed E-state index contributed by atoms with van der Waals surface area (Å²) in [6, 6.07) is 13.3. The summed E-state index contributed by atoms with van der Waals surface area (Å²) in [6.45, 7) is 2.38. The number of amides is 1. The maximum atomic E-state index is 11.8. The van der Waals surface area contributed by atoms with Gasteiger partial charge in [0.2, 0.25) is 5.91 Å². The highest BCUT2D eigenvalue weighted by Gasteiger charge is 2.05. The van der Waals surface area contributed by atoms with E-state index in [4.69, 9.17) is 11.6 Å². The maximum Gasteiger partial charge on any atom is 0.230 e. The van der Waals surface area contributed by atoms with E-state index < -0.39 is 0 Å². The third-order valence-corrected chi connectivity index (χ3v) is 4.12. The highest BCUT2D eigenvalue weighted by Crippen LogP contribution is 2.26. The average molecular weight is 307 g/mol. The Kier molecular flexibility index (Phi) is 5.44. The highest BCUT2D eigenvalue weighted by molar-refractivity contribution is 8.00. The molecule has 0 aliphatic rings. The van der Waals surface area contributed by atoms with Gasteiger partial charge >= 0.3 is 0 Å². The lowest BCUT2D eigenvalue weighted by Crippen LogP contribution is -2.25. The molecule has 0 saturated heterocycles. The zero-order valence-corrected chi connectivity index (χ0v) is 12.7. The van der Waals surface area contributed by atoms with E-state index in [1.54, 1.807) is 0 Å². The number of benzene rings is 1. The van der Waals surface area contributed by atoms with Crippen molar-refractivity contribution < 1.29 is 4.79 Å². The number of carbonyl (C=O) groups is 1. The van der Waals surface area contributed by atoms with E-state index in [9.17, 15) is 4.79 Å². The molecule has 0 bridgehead atoms. The number of hydrogen-bond donors (Lipinski definition) is 1. The molecular formula is C15H15ClN2OS. The van der Waals surface area contributed by atoms with Crippen LogP contribution in [0.2, 0.25) is 5.02 Å². The number of rotatable bonds is 5. The van der Waals surface area contributed by atoms with Crippen LogP contribution in [0.1, 0.15) is 11.4 Å². The van der Waals surface area contributed by atoms with Crippen LogP contribution in [-0.2, 0) is 11.3 Å². The number of pyridine rings is 1. The van der Waals surface area contributed by atoms with Crippen LogP contribution in [-0.4, -0.2) is 16.6 Å². The molecule has 1 aromatic heterocycles. The summed E-state index contributed by atoms with van der Waals surface area (Å²) < 4.78 is 0. The fourth-order valence-corrected chi connectivity index (χ4v) is 2.71. The fourth-order valence-electron chi connectivity index (χ4n) is 1.64. The Balaban J connectivity index is 1.80. The summed E-state index contributed by atoms with van der Waals surface area (Å²) >= 11 is 7.46. The van der Waals surface area contributed by atoms with Crippen molar-refractivity contribution in [1.82, 2.24) is 10.3 Å². The molecule has 2 aromatic rings. The molecule has 0 radical (unpaired) electrons. The highest BCUT2D eigenvalue weighted by atomic mass is 35.5. The number of aryl methyl sites for hydroxylation is 1. The van der Waals surface area contributed by atoms with Gasteiger partial charge in [-0.3, -0.25) is 9.78 Å². The lowest BCUT2D eigenvalue weighted by molar-refractivity contribution is -0.118. The molecule has 0 spiro atoms. The second-order valence-corrected chi connectivity index (χ2v) is 5.69. The van der Waals surface area contributed by atoms with Crippen LogP contribution < -0.4 is 5.32 Å². The Labute approximate surface area is 127 Å². The van der Waals surface area contributed by atoms with E-state index in [1.807, 2.05) is 49.4 Å². The number of halogens is 1. The summed E-state index contributed by atoms with van der Waals surface area (Å²) in [6.07, 6.45) is 0. The third-order valence-electron chi connectivity index (χ3n) is 2.61. The molecule has 5 heteroatoms. The van der Waals surface area contributed by atoms with Crippen molar-refractivity contribution in [3.05, 3.63) is 58.9 Å². The van der Waals surface area contributed by atoms with Crippen LogP contribution in [0.15, 0.2) is 47.4 Å². The van der Waals surface area contributed by atoms with Gasteiger partial charge < -0.3 is 5.32 Å². The van der Waals surface area contributed by atoms with Gasteiger partial charge in [0.1, 0.15) is 0 Å². The first-order valence-electron chi connectivity index (χ1n) is 6.22. The second-order valence-electron chi connectivity index (χ2n) is 4.27. The molecule has 3 nitrogen and oxygen atoms in total. The first-order valence-corrected chi connectivity index (χ1v) is 7.58. The molecule has 0 saturated carbocycles. The Morgan fingerprint density at radius 2 is 2.05 bits per heavy atom. The van der Waals surface area contributed by atoms with Gasteiger partial charge in [0.05, 0.1) is 23.0 Å². The van der Waals surface area contributed by atoms with Crippen LogP contribution in [0.4, 0.5) is 0 Å². The fraction of sp³-hybridized carbons (Fsp3) is 0.200. The topological polar surface area (TPSA) is 42.0 Å². The van der Waals surface area contributed by atoms with Gasteiger partial charge in [0, 0.05) is 10.6 Å². The van der Waals surface area contributed by atoms with Crippen molar-refractivity contribution in [3.8, 4) is 0 Å². The molecule has 104 valence electrons. The quantitative estimate of drug-likeness (QED) is 0.860. The van der Waals surface area contributed by atoms with E-state index in [2.05, 4.69) is 10.3 Å². The molecule has 20 heavy (non-hydrogen) atoms. The monoisotopic (exact) mass is 306 g/mol. The summed E-state index contributed by atoms with van der Waals surface area (Å²) in [4.78, 5) is 17.0. The summed E-state index contributed by atoms with van der Waals surface area (Å²) in [5, 5.41) is 3.52. The Bertz CT molecular complexity index is 604. The van der Waals surface area contributed by atoms with E-state index >= 15 is 0 Å². The number of nitrogens with one attached hydrogen (secondary N) is 1. The molecule has 0 aliphatic carbocycles. The van der Waals surface area contributed by atoms with Gasteiger partial charge in [0.25, 0.3) is 0 Å². The smallest absolute Gasteiger partial charge is 0.230 e. The normalized spacial score (nSPS) is 10.3. The van der Waals surface area contributed by atoms with Gasteiger partial charge in [0.15, 0.2) is 0 Å². The minimum Gasteiger partial charge on any atom is -0.350 e. The number of hydrogen-bond acceptors (Lipinski definition) is 3. The molecule has 0 unspecified atom stereocenters. The molecule has 0 aliphatic heterocycles. The van der Waals surface area contributed by atoms with Crippen molar-refractivity contribution in [1.29, 1.82) is 0 Å². The molecule has 1 N–H and O–H groups in total. The first kappa shape index (κ1) is 14.9. The number of thioether (sulfide) groups is 1. The summed E-state index contributed by atoms with van der Waals surface area (Å²) in [5.41, 5.74) is 1.81. The Hall–Kier alpha value is -1.52. The molecule has 0 fully saturated rings. The third kappa shape index (κ3) is 4.54. The lowest BCUT2D eigenvalue weighted by Gasteiger charge is -2.06. The number of nitrogens with zero attached hydrogens (tertiary/aromatic N) is 1. The minimum absolute atomic E-state index is 0.0294. The van der Waals surface area contributed by atoms with E-state index in [0.29, 0.717) is 17.3 Å². The van der Waals surface area contributed by atoms with Crippen LogP contribution >= 0.6 is 23.4 Å². The first-order chi connectivity index (χ1) is 9.65. The van der Waals surface area contributed by atoms with Crippen molar-refractivity contribution in [2.45, 2.75) is 18.4 Å². The van der Waals surface area contributed by atoms with Crippen molar-refractivity contribution in [3.63, 3.8) is 0 Å². The largest absolute Gasteiger partial charge is 0.350 e. The van der Waals surface area contributed by atoms with E-state index in [1.165, 1.54) is 11.8 Å². The standard InChI is InChI=1S/C15H15ClN2OS/c1-11-5-4-6-12(18-11)9-17-15(19)10-20-14-8-3-2-7-13(14)16/h2-8H,9-10H2,1H3,(H,17,19). The Morgan fingerprint density at radius 3 is 2.80 bits per heavy atom. The maximum absolute atomic E-state index is 11.8. The molecule has 0 atom stereocenters. The van der Waals surface area contributed by atoms with Crippen LogP contribution in [0.5, 0.6) is 0 Å². The van der Waals surface area contributed by atoms with Gasteiger partial charge in [-0.15, -0.1) is 11.8 Å². The summed E-state index contributed by atoms with van der Waals surface area (Å²) in [5.74, 6) is 0.313. The molecule has 2 rings (SSSR count). The Morgan fingerprint density at radius 1 is 1.25 bits per heavy atom. The lowest BCUT2D eigenvalue weighted by atomic mass is 10.3. The molecule has 1 heterocycles. The van der Waals surface area contributed by atoms with Crippen LogP contribution in [0.25, 0.3) is 0 Å². The van der Waals surface area contributed by atoms with Crippen LogP contribution in [0.3, 0.4) is 0 Å². The average Bonchev–Trinajstić information content (AvgIpc) is 2.44. The van der Waals surface area contributed by atoms with Gasteiger partial charge in [-0.1, -0.05) is 29.8 Å². The van der Waals surface area contributed by atoms with Crippen molar-refractivity contribution >= 4 is 29.3 Å². The van der Waals surface area contributed by atoms with Gasteiger partial charge in [-0.05, 0) is 31.2 Å². The van der Waals surface area contributed by atoms with Gasteiger partial charge in [-0.25, -0.2) is 0 Å². The second kappa shape index (κ2) is 7.31. The van der Waals surface area contributed by atoms with Gasteiger partial charge in [-0.2, -0.15) is 0 Å². The SMILES string of the molecule is Cc1cccc(CNC(=O)CSc2ccccc2Cl)n1. The number of carbonyl (C=O) groups excluding carboxylic acids is 1. The zero-order chi connectivity index (χ0) is 14.4. The minimum atomic E-state index is -0.0294. The van der Waals surface area contributed by atoms with Crippen LogP contribution in [0, 0.1) is 6.92 Å². The predicted molar refractivity (Wildman–Crippen MR) is 83.0 cm³/mol. The van der Waals surface area contributed by atoms with Crippen molar-refractivity contribution in [2.75, 3.05) is 5.75 Å². The summed E-state index contributed by atoms with van der Waals surface area (Å²) in [7, 11) is 0. The van der Waals surface area contributed by atoms with E-state index in [0.717, 1.165) is 16.3 Å².